The Bertz CT molecular complexity index is 985. The van der Waals surface area contributed by atoms with E-state index in [9.17, 15) is 13.2 Å². The summed E-state index contributed by atoms with van der Waals surface area (Å²) in [5.74, 6) is 0.561. The van der Waals surface area contributed by atoms with Gasteiger partial charge in [0.05, 0.1) is 24.2 Å². The Morgan fingerprint density at radius 1 is 1.13 bits per heavy atom. The lowest BCUT2D eigenvalue weighted by Gasteiger charge is -2.26. The highest BCUT2D eigenvalue weighted by Crippen LogP contribution is 2.19. The Morgan fingerprint density at radius 3 is 2.61 bits per heavy atom. The van der Waals surface area contributed by atoms with E-state index in [0.29, 0.717) is 38.4 Å². The number of benzene rings is 2. The van der Waals surface area contributed by atoms with Crippen LogP contribution in [0.3, 0.4) is 0 Å². The number of hydrogen-bond donors (Lipinski definition) is 1. The maximum Gasteiger partial charge on any atom is 0.251 e. The van der Waals surface area contributed by atoms with Crippen molar-refractivity contribution in [3.63, 3.8) is 0 Å². The van der Waals surface area contributed by atoms with Crippen molar-refractivity contribution in [3.05, 3.63) is 59.7 Å². The molecule has 0 bridgehead atoms. The molecule has 0 unspecified atom stereocenters. The van der Waals surface area contributed by atoms with E-state index in [2.05, 4.69) is 5.32 Å². The first kappa shape index (κ1) is 23.2. The van der Waals surface area contributed by atoms with Crippen LogP contribution in [-0.2, 0) is 21.2 Å². The third kappa shape index (κ3) is 6.53. The molecule has 0 aliphatic carbocycles. The zero-order valence-corrected chi connectivity index (χ0v) is 18.9. The van der Waals surface area contributed by atoms with Gasteiger partial charge in [0.15, 0.2) is 0 Å². The van der Waals surface area contributed by atoms with E-state index < -0.39 is 10.0 Å². The second kappa shape index (κ2) is 10.7. The molecule has 0 aromatic heterocycles. The van der Waals surface area contributed by atoms with Gasteiger partial charge in [-0.15, -0.1) is 0 Å². The topological polar surface area (TPSA) is 84.9 Å². The Balaban J connectivity index is 1.54. The highest BCUT2D eigenvalue weighted by atomic mass is 32.2. The van der Waals surface area contributed by atoms with Crippen LogP contribution in [0, 0.1) is 0 Å². The summed E-state index contributed by atoms with van der Waals surface area (Å²) in [4.78, 5) is 12.7. The number of carbonyl (C=O) groups excluding carboxylic acids is 1. The first-order valence-electron chi connectivity index (χ1n) is 10.6. The number of morpholine rings is 1. The number of nitrogens with one attached hydrogen (secondary N) is 1. The summed E-state index contributed by atoms with van der Waals surface area (Å²) < 4.78 is 37.9. The number of hydrogen-bond acceptors (Lipinski definition) is 5. The highest BCUT2D eigenvalue weighted by molar-refractivity contribution is 7.89. The largest absolute Gasteiger partial charge is 0.491 e. The van der Waals surface area contributed by atoms with Crippen LogP contribution in [-0.4, -0.2) is 57.6 Å². The lowest BCUT2D eigenvalue weighted by molar-refractivity contribution is 0.0730. The molecule has 1 amide bonds. The molecule has 8 heteroatoms. The molecule has 0 atom stereocenters. The number of rotatable bonds is 9. The van der Waals surface area contributed by atoms with Crippen molar-refractivity contribution in [3.8, 4) is 5.75 Å². The zero-order chi connectivity index (χ0) is 22.3. The minimum absolute atomic E-state index is 0.123. The first-order chi connectivity index (χ1) is 14.9. The number of sulfonamides is 1. The van der Waals surface area contributed by atoms with E-state index in [0.717, 1.165) is 24.2 Å². The fourth-order valence-corrected chi connectivity index (χ4v) is 4.83. The molecular formula is C23H30N2O5S. The Hall–Kier alpha value is -2.42. The maximum atomic E-state index is 12.8. The van der Waals surface area contributed by atoms with Gasteiger partial charge in [0.1, 0.15) is 5.75 Å². The minimum atomic E-state index is -3.63. The van der Waals surface area contributed by atoms with Gasteiger partial charge < -0.3 is 14.8 Å². The fourth-order valence-electron chi connectivity index (χ4n) is 3.38. The van der Waals surface area contributed by atoms with Gasteiger partial charge in [0, 0.05) is 25.2 Å². The quantitative estimate of drug-likeness (QED) is 0.599. The minimum Gasteiger partial charge on any atom is -0.491 e. The van der Waals surface area contributed by atoms with Crippen molar-refractivity contribution in [2.75, 3.05) is 32.8 Å². The zero-order valence-electron chi connectivity index (χ0n) is 18.0. The molecule has 0 saturated carbocycles. The number of aryl methyl sites for hydroxylation is 1. The van der Waals surface area contributed by atoms with Crippen molar-refractivity contribution >= 4 is 15.9 Å². The summed E-state index contributed by atoms with van der Waals surface area (Å²) in [6, 6.07) is 14.1. The van der Waals surface area contributed by atoms with E-state index >= 15 is 0 Å². The number of ether oxygens (including phenoxy) is 2. The van der Waals surface area contributed by atoms with Gasteiger partial charge in [-0.2, -0.15) is 4.31 Å². The average molecular weight is 447 g/mol. The van der Waals surface area contributed by atoms with E-state index in [1.165, 1.54) is 16.4 Å². The molecule has 1 aliphatic rings. The van der Waals surface area contributed by atoms with Gasteiger partial charge in [-0.3, -0.25) is 4.79 Å². The maximum absolute atomic E-state index is 12.8. The van der Waals surface area contributed by atoms with Gasteiger partial charge in [-0.1, -0.05) is 18.2 Å². The molecule has 1 aliphatic heterocycles. The van der Waals surface area contributed by atoms with Gasteiger partial charge >= 0.3 is 0 Å². The van der Waals surface area contributed by atoms with Crippen LogP contribution < -0.4 is 10.1 Å². The lowest BCUT2D eigenvalue weighted by Crippen LogP contribution is -2.40. The molecule has 7 nitrogen and oxygen atoms in total. The van der Waals surface area contributed by atoms with Crippen LogP contribution in [0.25, 0.3) is 0 Å². The SMILES string of the molecule is CC(C)Oc1cccc(CCCNC(=O)c2cccc(S(=O)(=O)N3CCOCC3)c2)c1. The molecule has 3 rings (SSSR count). The molecule has 168 valence electrons. The molecule has 0 spiro atoms. The highest BCUT2D eigenvalue weighted by Gasteiger charge is 2.26. The van der Waals surface area contributed by atoms with Gasteiger partial charge in [0.2, 0.25) is 10.0 Å². The van der Waals surface area contributed by atoms with Crippen molar-refractivity contribution < 1.29 is 22.7 Å². The summed E-state index contributed by atoms with van der Waals surface area (Å²) in [6.45, 7) is 5.88. The average Bonchev–Trinajstić information content (AvgIpc) is 2.77. The fraction of sp³-hybridized carbons (Fsp3) is 0.435. The van der Waals surface area contributed by atoms with Crippen LogP contribution in [0.1, 0.15) is 36.2 Å². The standard InChI is InChI=1S/C23H30N2O5S/c1-18(2)30-21-9-3-6-19(16-21)7-5-11-24-23(26)20-8-4-10-22(17-20)31(27,28)25-12-14-29-15-13-25/h3-4,6,8-10,16-18H,5,7,11-15H2,1-2H3,(H,24,26). The van der Waals surface area contributed by atoms with Crippen LogP contribution >= 0.6 is 0 Å². The van der Waals surface area contributed by atoms with E-state index in [-0.39, 0.29) is 16.9 Å². The summed E-state index contributed by atoms with van der Waals surface area (Å²) in [5, 5.41) is 2.88. The third-order valence-electron chi connectivity index (χ3n) is 4.90. The third-order valence-corrected chi connectivity index (χ3v) is 6.80. The van der Waals surface area contributed by atoms with E-state index in [1.807, 2.05) is 38.1 Å². The van der Waals surface area contributed by atoms with Crippen LogP contribution in [0.2, 0.25) is 0 Å². The summed E-state index contributed by atoms with van der Waals surface area (Å²) in [7, 11) is -3.63. The Morgan fingerprint density at radius 2 is 1.87 bits per heavy atom. The second-order valence-electron chi connectivity index (χ2n) is 7.72. The van der Waals surface area contributed by atoms with Gasteiger partial charge in [0.25, 0.3) is 5.91 Å². The number of nitrogens with zero attached hydrogens (tertiary/aromatic N) is 1. The summed E-state index contributed by atoms with van der Waals surface area (Å²) in [5.41, 5.74) is 1.48. The smallest absolute Gasteiger partial charge is 0.251 e. The molecule has 0 radical (unpaired) electrons. The van der Waals surface area contributed by atoms with Crippen molar-refractivity contribution in [1.29, 1.82) is 0 Å². The first-order valence-corrected chi connectivity index (χ1v) is 12.0. The summed E-state index contributed by atoms with van der Waals surface area (Å²) >= 11 is 0. The molecule has 1 saturated heterocycles. The van der Waals surface area contributed by atoms with Crippen LogP contribution in [0.4, 0.5) is 0 Å². The van der Waals surface area contributed by atoms with Gasteiger partial charge in [-0.05, 0) is 62.6 Å². The van der Waals surface area contributed by atoms with E-state index in [1.54, 1.807) is 12.1 Å². The Labute approximate surface area is 184 Å². The molecular weight excluding hydrogens is 416 g/mol. The molecule has 2 aromatic carbocycles. The molecule has 1 fully saturated rings. The second-order valence-corrected chi connectivity index (χ2v) is 9.66. The molecule has 31 heavy (non-hydrogen) atoms. The normalized spacial score (nSPS) is 15.1. The van der Waals surface area contributed by atoms with Crippen molar-refractivity contribution in [1.82, 2.24) is 9.62 Å². The Kier molecular flexibility index (Phi) is 8.06. The number of carbonyl (C=O) groups is 1. The van der Waals surface area contributed by atoms with Crippen molar-refractivity contribution in [2.45, 2.75) is 37.7 Å². The van der Waals surface area contributed by atoms with E-state index in [4.69, 9.17) is 9.47 Å². The monoisotopic (exact) mass is 446 g/mol. The molecule has 1 heterocycles. The van der Waals surface area contributed by atoms with Crippen molar-refractivity contribution in [2.24, 2.45) is 0 Å². The molecule has 1 N–H and O–H groups in total. The predicted octanol–water partition coefficient (Wildman–Crippen LogP) is 2.86. The lowest BCUT2D eigenvalue weighted by atomic mass is 10.1. The van der Waals surface area contributed by atoms with Crippen LogP contribution in [0.5, 0.6) is 5.75 Å². The van der Waals surface area contributed by atoms with Crippen LogP contribution in [0.15, 0.2) is 53.4 Å². The summed E-state index contributed by atoms with van der Waals surface area (Å²) in [6.07, 6.45) is 1.70. The van der Waals surface area contributed by atoms with Gasteiger partial charge in [-0.25, -0.2) is 8.42 Å². The molecule has 2 aromatic rings. The predicted molar refractivity (Wildman–Crippen MR) is 119 cm³/mol. The number of amides is 1.